The monoisotopic (exact) mass is 388 g/mol. The predicted octanol–water partition coefficient (Wildman–Crippen LogP) is 2.68. The number of carboxylic acid groups (broad SMARTS) is 2. The first kappa shape index (κ1) is 21.8. The Balaban J connectivity index is 0.000000878. The summed E-state index contributed by atoms with van der Waals surface area (Å²) in [7, 11) is 0. The lowest BCUT2D eigenvalue weighted by molar-refractivity contribution is -0.164. The van der Waals surface area contributed by atoms with Gasteiger partial charge in [-0.2, -0.15) is 0 Å². The van der Waals surface area contributed by atoms with Crippen molar-refractivity contribution in [1.29, 1.82) is 0 Å². The van der Waals surface area contributed by atoms with E-state index in [1.54, 1.807) is 6.20 Å². The molecule has 1 aliphatic heterocycles. The first-order valence-corrected chi connectivity index (χ1v) is 9.44. The highest BCUT2D eigenvalue weighted by atomic mass is 16.4. The summed E-state index contributed by atoms with van der Waals surface area (Å²) in [6.07, 6.45) is 2.72. The van der Waals surface area contributed by atoms with Crippen molar-refractivity contribution in [2.75, 3.05) is 13.1 Å². The van der Waals surface area contributed by atoms with Crippen molar-refractivity contribution in [2.24, 2.45) is 5.41 Å². The average Bonchev–Trinajstić information content (AvgIpc) is 2.67. The quantitative estimate of drug-likeness (QED) is 0.675. The van der Waals surface area contributed by atoms with Crippen molar-refractivity contribution in [1.82, 2.24) is 9.88 Å². The van der Waals surface area contributed by atoms with Gasteiger partial charge >= 0.3 is 5.97 Å². The van der Waals surface area contributed by atoms with Gasteiger partial charge < -0.3 is 15.3 Å². The summed E-state index contributed by atoms with van der Waals surface area (Å²) >= 11 is 0. The Kier molecular flexibility index (Phi) is 7.48. The number of piperidine rings is 1. The van der Waals surface area contributed by atoms with Crippen LogP contribution in [0, 0.1) is 12.3 Å². The topological polar surface area (TPSA) is 111 Å². The molecule has 1 aliphatic rings. The van der Waals surface area contributed by atoms with Gasteiger partial charge in [-0.3, -0.25) is 19.5 Å². The van der Waals surface area contributed by atoms with Crippen molar-refractivity contribution in [3.05, 3.63) is 41.6 Å². The molecule has 0 amide bonds. The van der Waals surface area contributed by atoms with Gasteiger partial charge in [0.2, 0.25) is 0 Å². The normalized spacial score (nSPS) is 22.3. The lowest BCUT2D eigenvalue weighted by Gasteiger charge is -2.43. The highest BCUT2D eigenvalue weighted by Gasteiger charge is 2.47. The van der Waals surface area contributed by atoms with Crippen LogP contribution in [0.5, 0.6) is 0 Å². The Morgan fingerprint density at radius 2 is 2.11 bits per heavy atom. The predicted molar refractivity (Wildman–Crippen MR) is 106 cm³/mol. The number of likely N-dealkylation sites (tertiary alicyclic amines) is 1. The highest BCUT2D eigenvalue weighted by Crippen LogP contribution is 2.37. The Hall–Kier alpha value is -2.51. The molecule has 1 aromatic carbocycles. The van der Waals surface area contributed by atoms with E-state index in [-0.39, 0.29) is 6.47 Å². The molecule has 2 atom stereocenters. The van der Waals surface area contributed by atoms with Crippen molar-refractivity contribution in [3.8, 4) is 0 Å². The molecule has 0 unspecified atom stereocenters. The number of rotatable bonds is 5. The van der Waals surface area contributed by atoms with Crippen LogP contribution in [0.1, 0.15) is 37.3 Å². The third-order valence-corrected chi connectivity index (χ3v) is 5.58. The number of hydrogen-bond acceptors (Lipinski definition) is 5. The number of aliphatic hydroxyl groups is 1. The first-order chi connectivity index (χ1) is 13.4. The van der Waals surface area contributed by atoms with Crippen LogP contribution in [-0.2, 0) is 16.1 Å². The molecule has 7 nitrogen and oxygen atoms in total. The molecule has 0 saturated carbocycles. The van der Waals surface area contributed by atoms with E-state index >= 15 is 0 Å². The average molecular weight is 388 g/mol. The maximum absolute atomic E-state index is 11.8. The highest BCUT2D eigenvalue weighted by molar-refractivity contribution is 5.83. The zero-order valence-electron chi connectivity index (χ0n) is 16.3. The standard InChI is InChI=1S/C20H26N2O3.CH2O2/c1-3-8-20(19(24)25)9-11-22(13-18(20)23)12-16-14(2)6-7-17-15(16)5-4-10-21-17;2-1-3/h4-7,10,18,23H,3,8-9,11-13H2,1-2H3,(H,24,25);1H,(H,2,3)/t18-,20-;/m0./s1. The largest absolute Gasteiger partial charge is 0.483 e. The molecule has 1 fully saturated rings. The van der Waals surface area contributed by atoms with E-state index in [1.165, 1.54) is 11.1 Å². The zero-order chi connectivity index (χ0) is 20.7. The third-order valence-electron chi connectivity index (χ3n) is 5.58. The molecule has 3 rings (SSSR count). The van der Waals surface area contributed by atoms with Gasteiger partial charge in [-0.1, -0.05) is 25.5 Å². The van der Waals surface area contributed by atoms with E-state index in [4.69, 9.17) is 9.90 Å². The van der Waals surface area contributed by atoms with E-state index in [2.05, 4.69) is 28.9 Å². The van der Waals surface area contributed by atoms with Gasteiger partial charge in [0.25, 0.3) is 6.47 Å². The minimum absolute atomic E-state index is 0.250. The van der Waals surface area contributed by atoms with Gasteiger partial charge in [-0.15, -0.1) is 0 Å². The fraction of sp³-hybridized carbons (Fsp3) is 0.476. The number of hydrogen-bond donors (Lipinski definition) is 3. The fourth-order valence-electron chi connectivity index (χ4n) is 4.03. The summed E-state index contributed by atoms with van der Waals surface area (Å²) < 4.78 is 0. The molecular formula is C21H28N2O5. The molecule has 1 aromatic heterocycles. The van der Waals surface area contributed by atoms with Crippen LogP contribution in [0.4, 0.5) is 0 Å². The van der Waals surface area contributed by atoms with E-state index in [1.807, 2.05) is 19.1 Å². The molecule has 2 heterocycles. The number of carboxylic acids is 1. The van der Waals surface area contributed by atoms with Crippen LogP contribution >= 0.6 is 0 Å². The van der Waals surface area contributed by atoms with Crippen molar-refractivity contribution < 1.29 is 24.9 Å². The minimum Gasteiger partial charge on any atom is -0.483 e. The fourth-order valence-corrected chi connectivity index (χ4v) is 4.03. The Morgan fingerprint density at radius 3 is 2.71 bits per heavy atom. The van der Waals surface area contributed by atoms with Crippen LogP contribution in [0.2, 0.25) is 0 Å². The Labute approximate surface area is 164 Å². The molecule has 28 heavy (non-hydrogen) atoms. The number of pyridine rings is 1. The van der Waals surface area contributed by atoms with Crippen molar-refractivity contribution in [2.45, 2.75) is 45.8 Å². The lowest BCUT2D eigenvalue weighted by atomic mass is 9.72. The first-order valence-electron chi connectivity index (χ1n) is 9.44. The van der Waals surface area contributed by atoms with Gasteiger partial charge in [0, 0.05) is 24.7 Å². The molecule has 0 aliphatic carbocycles. The van der Waals surface area contributed by atoms with Crippen LogP contribution in [0.25, 0.3) is 10.9 Å². The summed E-state index contributed by atoms with van der Waals surface area (Å²) in [5.74, 6) is -0.868. The zero-order valence-corrected chi connectivity index (χ0v) is 16.3. The number of β-amino-alcohol motifs (C(OH)–C–C–N with tert-alkyl or cyclic N) is 1. The third kappa shape index (κ3) is 4.48. The van der Waals surface area contributed by atoms with E-state index < -0.39 is 17.5 Å². The maximum Gasteiger partial charge on any atom is 0.312 e. The van der Waals surface area contributed by atoms with Crippen molar-refractivity contribution >= 4 is 23.3 Å². The molecule has 152 valence electrons. The number of fused-ring (bicyclic) bond motifs is 1. The number of carbonyl (C=O) groups is 2. The van der Waals surface area contributed by atoms with Crippen molar-refractivity contribution in [3.63, 3.8) is 0 Å². The second-order valence-corrected chi connectivity index (χ2v) is 7.25. The molecule has 2 aromatic rings. The number of benzene rings is 1. The number of aromatic nitrogens is 1. The second-order valence-electron chi connectivity index (χ2n) is 7.25. The second kappa shape index (κ2) is 9.61. The van der Waals surface area contributed by atoms with E-state index in [0.717, 1.165) is 17.3 Å². The van der Waals surface area contributed by atoms with Crippen LogP contribution in [0.3, 0.4) is 0 Å². The summed E-state index contributed by atoms with van der Waals surface area (Å²) in [6.45, 7) is 5.58. The summed E-state index contributed by atoms with van der Waals surface area (Å²) in [6, 6.07) is 8.11. The van der Waals surface area contributed by atoms with E-state index in [0.29, 0.717) is 32.5 Å². The van der Waals surface area contributed by atoms with Crippen LogP contribution < -0.4 is 0 Å². The number of aliphatic hydroxyl groups excluding tert-OH is 1. The van der Waals surface area contributed by atoms with Crippen LogP contribution in [0.15, 0.2) is 30.5 Å². The lowest BCUT2D eigenvalue weighted by Crippen LogP contribution is -2.54. The Morgan fingerprint density at radius 1 is 1.39 bits per heavy atom. The molecule has 1 saturated heterocycles. The van der Waals surface area contributed by atoms with Crippen LogP contribution in [-0.4, -0.2) is 56.8 Å². The molecule has 0 bridgehead atoms. The number of nitrogens with zero attached hydrogens (tertiary/aromatic N) is 2. The van der Waals surface area contributed by atoms with E-state index in [9.17, 15) is 15.0 Å². The summed E-state index contributed by atoms with van der Waals surface area (Å²) in [5, 5.41) is 28.3. The SMILES string of the molecule is CCC[C@]1(C(=O)O)CCN(Cc2c(C)ccc3ncccc23)C[C@@H]1O.O=CO. The summed E-state index contributed by atoms with van der Waals surface area (Å²) in [4.78, 5) is 26.7. The van der Waals surface area contributed by atoms with Gasteiger partial charge in [-0.05, 0) is 49.6 Å². The molecule has 7 heteroatoms. The molecular weight excluding hydrogens is 360 g/mol. The minimum atomic E-state index is -0.999. The van der Waals surface area contributed by atoms with Gasteiger partial charge in [0.05, 0.1) is 17.0 Å². The molecule has 0 radical (unpaired) electrons. The van der Waals surface area contributed by atoms with Gasteiger partial charge in [-0.25, -0.2) is 0 Å². The smallest absolute Gasteiger partial charge is 0.312 e. The van der Waals surface area contributed by atoms with Gasteiger partial charge in [0.1, 0.15) is 0 Å². The molecule has 3 N–H and O–H groups in total. The molecule has 0 spiro atoms. The summed E-state index contributed by atoms with van der Waals surface area (Å²) in [5.41, 5.74) is 2.36. The van der Waals surface area contributed by atoms with Gasteiger partial charge in [0.15, 0.2) is 0 Å². The maximum atomic E-state index is 11.8. The number of aryl methyl sites for hydroxylation is 1. The number of aliphatic carboxylic acids is 1. The Bertz CT molecular complexity index is 826.